The molecule has 1 atom stereocenters. The highest BCUT2D eigenvalue weighted by atomic mass is 32.2. The molecule has 2 N–H and O–H groups in total. The number of fused-ring (bicyclic) bond motifs is 1. The molecular weight excluding hydrogens is 398 g/mol. The summed E-state index contributed by atoms with van der Waals surface area (Å²) in [4.78, 5) is 29.3. The van der Waals surface area contributed by atoms with E-state index in [9.17, 15) is 9.59 Å². The van der Waals surface area contributed by atoms with Crippen molar-refractivity contribution in [3.63, 3.8) is 0 Å². The van der Waals surface area contributed by atoms with Crippen LogP contribution in [0.5, 0.6) is 0 Å². The van der Waals surface area contributed by atoms with Gasteiger partial charge in [0.2, 0.25) is 0 Å². The summed E-state index contributed by atoms with van der Waals surface area (Å²) in [7, 11) is 0. The topological polar surface area (TPSA) is 76.1 Å². The fourth-order valence-corrected chi connectivity index (χ4v) is 4.61. The molecule has 160 valence electrons. The molecule has 0 spiro atoms. The summed E-state index contributed by atoms with van der Waals surface area (Å²) in [6, 6.07) is 9.93. The predicted molar refractivity (Wildman–Crippen MR) is 123 cm³/mol. The van der Waals surface area contributed by atoms with Crippen molar-refractivity contribution in [3.05, 3.63) is 63.2 Å². The number of H-pyrrole nitrogens is 1. The van der Waals surface area contributed by atoms with Crippen molar-refractivity contribution < 1.29 is 9.53 Å². The fourth-order valence-electron chi connectivity index (χ4n) is 3.90. The van der Waals surface area contributed by atoms with E-state index in [0.717, 1.165) is 27.2 Å². The van der Waals surface area contributed by atoms with Crippen LogP contribution in [0.3, 0.4) is 0 Å². The number of carbonyl (C=O) groups excluding carboxylic acids is 1. The molecule has 3 aromatic rings. The van der Waals surface area contributed by atoms with Crippen LogP contribution >= 0.6 is 11.8 Å². The third-order valence-electron chi connectivity index (χ3n) is 5.26. The Balaban J connectivity index is 1.95. The zero-order chi connectivity index (χ0) is 21.8. The second-order valence-electron chi connectivity index (χ2n) is 7.37. The molecule has 1 aromatic carbocycles. The van der Waals surface area contributed by atoms with E-state index in [1.54, 1.807) is 0 Å². The zero-order valence-corrected chi connectivity index (χ0v) is 19.0. The lowest BCUT2D eigenvalue weighted by atomic mass is 10.1. The number of aromatic nitrogens is 2. The van der Waals surface area contributed by atoms with Crippen LogP contribution in [0, 0.1) is 13.8 Å². The van der Waals surface area contributed by atoms with Gasteiger partial charge in [-0.25, -0.2) is 0 Å². The number of aryl methyl sites for hydroxylation is 1. The minimum Gasteiger partial charge on any atom is -0.380 e. The first-order valence-electron chi connectivity index (χ1n) is 10.1. The standard InChI is InChI=1S/C23H29N3O3S/c1-6-29-13-15(3)26-16(4)21(17-9-7-8-10-19(17)26)23(28)24-12-18-20(30-5)11-14(2)25-22(18)27/h7-11,15H,6,12-13H2,1-5H3,(H,24,28)(H,25,27). The molecule has 3 rings (SSSR count). The molecule has 0 radical (unpaired) electrons. The van der Waals surface area contributed by atoms with Crippen molar-refractivity contribution in [2.45, 2.75) is 45.2 Å². The second-order valence-corrected chi connectivity index (χ2v) is 8.22. The summed E-state index contributed by atoms with van der Waals surface area (Å²) >= 11 is 1.50. The number of carbonyl (C=O) groups is 1. The number of thioether (sulfide) groups is 1. The number of nitrogens with zero attached hydrogens (tertiary/aromatic N) is 1. The Morgan fingerprint density at radius 3 is 2.73 bits per heavy atom. The van der Waals surface area contributed by atoms with Crippen molar-refractivity contribution in [1.82, 2.24) is 14.9 Å². The number of para-hydroxylation sites is 1. The van der Waals surface area contributed by atoms with E-state index in [1.807, 2.05) is 57.4 Å². The highest BCUT2D eigenvalue weighted by molar-refractivity contribution is 7.98. The SMILES string of the molecule is CCOCC(C)n1c(C)c(C(=O)NCc2c(SC)cc(C)[nH]c2=O)c2ccccc21. The first-order chi connectivity index (χ1) is 14.4. The molecule has 0 saturated heterocycles. The van der Waals surface area contributed by atoms with Crippen LogP contribution < -0.4 is 10.9 Å². The Hall–Kier alpha value is -2.51. The van der Waals surface area contributed by atoms with Gasteiger partial charge in [0, 0.05) is 45.9 Å². The highest BCUT2D eigenvalue weighted by Crippen LogP contribution is 2.29. The molecule has 30 heavy (non-hydrogen) atoms. The third-order valence-corrected chi connectivity index (χ3v) is 6.07. The van der Waals surface area contributed by atoms with Gasteiger partial charge in [-0.15, -0.1) is 11.8 Å². The lowest BCUT2D eigenvalue weighted by Crippen LogP contribution is -2.28. The minimum absolute atomic E-state index is 0.0967. The molecule has 6 nitrogen and oxygen atoms in total. The smallest absolute Gasteiger partial charge is 0.254 e. The third kappa shape index (κ3) is 4.32. The van der Waals surface area contributed by atoms with E-state index in [-0.39, 0.29) is 24.1 Å². The zero-order valence-electron chi connectivity index (χ0n) is 18.2. The first-order valence-corrected chi connectivity index (χ1v) is 11.3. The van der Waals surface area contributed by atoms with Crippen LogP contribution in [0.4, 0.5) is 0 Å². The van der Waals surface area contributed by atoms with Crippen molar-refractivity contribution in [1.29, 1.82) is 0 Å². The Kier molecular flexibility index (Phi) is 7.05. The van der Waals surface area contributed by atoms with Crippen LogP contribution in [-0.4, -0.2) is 34.9 Å². The van der Waals surface area contributed by atoms with Gasteiger partial charge in [0.25, 0.3) is 11.5 Å². The van der Waals surface area contributed by atoms with Gasteiger partial charge in [-0.3, -0.25) is 9.59 Å². The summed E-state index contributed by atoms with van der Waals surface area (Å²) in [5.74, 6) is -0.182. The predicted octanol–water partition coefficient (Wildman–Crippen LogP) is 4.20. The Labute approximate surface area is 181 Å². The summed E-state index contributed by atoms with van der Waals surface area (Å²) in [5, 5.41) is 3.86. The lowest BCUT2D eigenvalue weighted by molar-refractivity contribution is 0.0950. The van der Waals surface area contributed by atoms with E-state index >= 15 is 0 Å². The molecule has 0 saturated carbocycles. The number of ether oxygens (including phenoxy) is 1. The van der Waals surface area contributed by atoms with Crippen molar-refractivity contribution in [2.75, 3.05) is 19.5 Å². The minimum atomic E-state index is -0.182. The monoisotopic (exact) mass is 427 g/mol. The summed E-state index contributed by atoms with van der Waals surface area (Å²) in [6.07, 6.45) is 1.93. The number of nitrogens with one attached hydrogen (secondary N) is 2. The molecule has 2 heterocycles. The van der Waals surface area contributed by atoms with Crippen LogP contribution in [0.1, 0.15) is 47.2 Å². The average molecular weight is 428 g/mol. The molecule has 0 aliphatic rings. The van der Waals surface area contributed by atoms with Gasteiger partial charge in [-0.05, 0) is 46.1 Å². The molecule has 7 heteroatoms. The number of aromatic amines is 1. The van der Waals surface area contributed by atoms with Crippen LogP contribution in [0.25, 0.3) is 10.9 Å². The van der Waals surface area contributed by atoms with Gasteiger partial charge in [0.15, 0.2) is 0 Å². The maximum absolute atomic E-state index is 13.2. The molecule has 0 fully saturated rings. The Bertz CT molecular complexity index is 1120. The number of hydrogen-bond acceptors (Lipinski definition) is 4. The Morgan fingerprint density at radius 2 is 2.03 bits per heavy atom. The summed E-state index contributed by atoms with van der Waals surface area (Å²) < 4.78 is 7.77. The molecule has 0 bridgehead atoms. The summed E-state index contributed by atoms with van der Waals surface area (Å²) in [5.41, 5.74) is 3.76. The number of benzene rings is 1. The van der Waals surface area contributed by atoms with Gasteiger partial charge in [0.1, 0.15) is 0 Å². The van der Waals surface area contributed by atoms with Gasteiger partial charge < -0.3 is 19.6 Å². The molecule has 2 aromatic heterocycles. The number of hydrogen-bond donors (Lipinski definition) is 2. The van der Waals surface area contributed by atoms with E-state index in [0.29, 0.717) is 24.3 Å². The second kappa shape index (κ2) is 9.53. The van der Waals surface area contributed by atoms with Gasteiger partial charge in [-0.1, -0.05) is 18.2 Å². The molecule has 0 aliphatic heterocycles. The largest absolute Gasteiger partial charge is 0.380 e. The fraction of sp³-hybridized carbons (Fsp3) is 0.391. The van der Waals surface area contributed by atoms with Crippen molar-refractivity contribution >= 4 is 28.6 Å². The van der Waals surface area contributed by atoms with E-state index in [4.69, 9.17) is 4.74 Å². The van der Waals surface area contributed by atoms with Crippen LogP contribution in [-0.2, 0) is 11.3 Å². The maximum atomic E-state index is 13.2. The van der Waals surface area contributed by atoms with E-state index in [2.05, 4.69) is 21.8 Å². The van der Waals surface area contributed by atoms with Crippen molar-refractivity contribution in [2.24, 2.45) is 0 Å². The quantitative estimate of drug-likeness (QED) is 0.529. The van der Waals surface area contributed by atoms with Crippen molar-refractivity contribution in [3.8, 4) is 0 Å². The Morgan fingerprint density at radius 1 is 1.30 bits per heavy atom. The van der Waals surface area contributed by atoms with Gasteiger partial charge in [-0.2, -0.15) is 0 Å². The number of rotatable bonds is 8. The number of amides is 1. The van der Waals surface area contributed by atoms with Gasteiger partial charge >= 0.3 is 0 Å². The molecule has 1 amide bonds. The number of pyridine rings is 1. The summed E-state index contributed by atoms with van der Waals surface area (Å²) in [6.45, 7) is 9.29. The lowest BCUT2D eigenvalue weighted by Gasteiger charge is -2.17. The van der Waals surface area contributed by atoms with E-state index in [1.165, 1.54) is 11.8 Å². The average Bonchev–Trinajstić information content (AvgIpc) is 3.02. The van der Waals surface area contributed by atoms with E-state index < -0.39 is 0 Å². The first kappa shape index (κ1) is 22.2. The molecule has 1 unspecified atom stereocenters. The van der Waals surface area contributed by atoms with Gasteiger partial charge in [0.05, 0.1) is 18.2 Å². The van der Waals surface area contributed by atoms with Crippen LogP contribution in [0.2, 0.25) is 0 Å². The maximum Gasteiger partial charge on any atom is 0.254 e. The normalized spacial score (nSPS) is 12.3. The highest BCUT2D eigenvalue weighted by Gasteiger charge is 2.22. The molecule has 0 aliphatic carbocycles. The molecular formula is C23H29N3O3S. The van der Waals surface area contributed by atoms with Crippen LogP contribution in [0.15, 0.2) is 40.0 Å².